The molecule has 5 nitrogen and oxygen atoms in total. The largest absolute Gasteiger partial charge is 0.488 e. The minimum absolute atomic E-state index is 0.124. The predicted octanol–water partition coefficient (Wildman–Crippen LogP) is 6.07. The van der Waals surface area contributed by atoms with Gasteiger partial charge in [-0.3, -0.25) is 4.79 Å². The third-order valence-electron chi connectivity index (χ3n) is 5.93. The van der Waals surface area contributed by atoms with Crippen molar-refractivity contribution in [2.24, 2.45) is 0 Å². The van der Waals surface area contributed by atoms with Crippen LogP contribution in [0.3, 0.4) is 0 Å². The summed E-state index contributed by atoms with van der Waals surface area (Å²) in [5.74, 6) is 0.0204. The SMILES string of the molecule is CC(C(=O)NCc1cc(C(F)(F)F)nn1-c1cccc(Cl)c1)c1ccc2c(c1)CCC(C)(C)O2. The maximum Gasteiger partial charge on any atom is 0.435 e. The van der Waals surface area contributed by atoms with Crippen LogP contribution in [0.1, 0.15) is 55.6 Å². The van der Waals surface area contributed by atoms with E-state index in [9.17, 15) is 18.0 Å². The Morgan fingerprint density at radius 1 is 1.24 bits per heavy atom. The Morgan fingerprint density at radius 2 is 2.00 bits per heavy atom. The van der Waals surface area contributed by atoms with Crippen LogP contribution < -0.4 is 10.1 Å². The zero-order chi connectivity index (χ0) is 24.7. The lowest BCUT2D eigenvalue weighted by Crippen LogP contribution is -2.33. The number of fused-ring (bicyclic) bond motifs is 1. The first kappa shape index (κ1) is 24.1. The first-order chi connectivity index (χ1) is 15.9. The Hall–Kier alpha value is -3.00. The first-order valence-electron chi connectivity index (χ1n) is 10.9. The number of benzene rings is 2. The van der Waals surface area contributed by atoms with Gasteiger partial charge in [0.15, 0.2) is 5.69 Å². The molecule has 0 saturated carbocycles. The molecule has 0 aliphatic carbocycles. The van der Waals surface area contributed by atoms with Gasteiger partial charge in [-0.15, -0.1) is 0 Å². The van der Waals surface area contributed by atoms with E-state index < -0.39 is 17.8 Å². The molecule has 3 aromatic rings. The molecule has 1 atom stereocenters. The number of amides is 1. The molecular weight excluding hydrogens is 467 g/mol. The molecule has 0 bridgehead atoms. The molecule has 2 heterocycles. The molecule has 1 aliphatic rings. The van der Waals surface area contributed by atoms with E-state index in [2.05, 4.69) is 10.4 Å². The average Bonchev–Trinajstić information content (AvgIpc) is 3.21. The summed E-state index contributed by atoms with van der Waals surface area (Å²) in [7, 11) is 0. The van der Waals surface area contributed by atoms with Gasteiger partial charge in [0, 0.05) is 5.02 Å². The maximum absolute atomic E-state index is 13.3. The lowest BCUT2D eigenvalue weighted by atomic mass is 9.91. The lowest BCUT2D eigenvalue weighted by Gasteiger charge is -2.33. The van der Waals surface area contributed by atoms with E-state index in [4.69, 9.17) is 16.3 Å². The molecule has 0 fully saturated rings. The number of rotatable bonds is 5. The quantitative estimate of drug-likeness (QED) is 0.471. The van der Waals surface area contributed by atoms with Crippen molar-refractivity contribution in [1.82, 2.24) is 15.1 Å². The Kier molecular flexibility index (Phi) is 6.38. The maximum atomic E-state index is 13.3. The molecule has 0 radical (unpaired) electrons. The fraction of sp³-hybridized carbons (Fsp3) is 0.360. The number of alkyl halides is 3. The summed E-state index contributed by atoms with van der Waals surface area (Å²) < 4.78 is 47.1. The number of hydrogen-bond donors (Lipinski definition) is 1. The molecule has 0 spiro atoms. The van der Waals surface area contributed by atoms with Crippen molar-refractivity contribution in [2.75, 3.05) is 0 Å². The Balaban J connectivity index is 1.52. The van der Waals surface area contributed by atoms with Crippen molar-refractivity contribution >= 4 is 17.5 Å². The van der Waals surface area contributed by atoms with Crippen LogP contribution in [0.2, 0.25) is 5.02 Å². The van der Waals surface area contributed by atoms with Crippen LogP contribution in [-0.2, 0) is 23.9 Å². The number of nitrogens with zero attached hydrogens (tertiary/aromatic N) is 2. The molecule has 1 amide bonds. The number of carbonyl (C=O) groups is 1. The van der Waals surface area contributed by atoms with Crippen LogP contribution in [0, 0.1) is 0 Å². The van der Waals surface area contributed by atoms with Crippen molar-refractivity contribution in [3.05, 3.63) is 76.1 Å². The number of aryl methyl sites for hydroxylation is 1. The summed E-state index contributed by atoms with van der Waals surface area (Å²) in [5.41, 5.74) is 1.17. The summed E-state index contributed by atoms with van der Waals surface area (Å²) in [6.07, 6.45) is -2.89. The summed E-state index contributed by atoms with van der Waals surface area (Å²) >= 11 is 6.00. The molecule has 0 saturated heterocycles. The molecule has 1 aliphatic heterocycles. The number of halogens is 4. The summed E-state index contributed by atoms with van der Waals surface area (Å²) in [4.78, 5) is 12.9. The van der Waals surface area contributed by atoms with E-state index in [1.165, 1.54) is 6.07 Å². The van der Waals surface area contributed by atoms with E-state index in [0.717, 1.165) is 40.5 Å². The summed E-state index contributed by atoms with van der Waals surface area (Å²) in [6, 6.07) is 13.0. The van der Waals surface area contributed by atoms with Gasteiger partial charge in [-0.05, 0) is 75.1 Å². The van der Waals surface area contributed by atoms with E-state index in [0.29, 0.717) is 10.7 Å². The first-order valence-corrected chi connectivity index (χ1v) is 11.3. The fourth-order valence-electron chi connectivity index (χ4n) is 3.95. The number of aromatic nitrogens is 2. The van der Waals surface area contributed by atoms with Gasteiger partial charge in [0.2, 0.25) is 5.91 Å². The standard InChI is InChI=1S/C25H25ClF3N3O2/c1-15(16-7-8-21-17(11-16)9-10-24(2,3)34-21)23(33)30-14-20-13-22(25(27,28)29)31-32(20)19-6-4-5-18(26)12-19/h4-8,11-13,15H,9-10,14H2,1-3H3,(H,30,33). The molecule has 180 valence electrons. The van der Waals surface area contributed by atoms with Gasteiger partial charge in [-0.25, -0.2) is 4.68 Å². The van der Waals surface area contributed by atoms with Crippen LogP contribution in [0.15, 0.2) is 48.5 Å². The average molecular weight is 492 g/mol. The summed E-state index contributed by atoms with van der Waals surface area (Å²) in [6.45, 7) is 5.72. The van der Waals surface area contributed by atoms with Gasteiger partial charge < -0.3 is 10.1 Å². The van der Waals surface area contributed by atoms with Crippen molar-refractivity contribution in [3.63, 3.8) is 0 Å². The van der Waals surface area contributed by atoms with Crippen molar-refractivity contribution < 1.29 is 22.7 Å². The fourth-order valence-corrected chi connectivity index (χ4v) is 4.13. The van der Waals surface area contributed by atoms with Crippen LogP contribution in [0.25, 0.3) is 5.69 Å². The second kappa shape index (κ2) is 8.98. The third kappa shape index (κ3) is 5.22. The molecule has 1 unspecified atom stereocenters. The zero-order valence-electron chi connectivity index (χ0n) is 19.0. The van der Waals surface area contributed by atoms with Gasteiger partial charge in [0.25, 0.3) is 0 Å². The zero-order valence-corrected chi connectivity index (χ0v) is 19.8. The van der Waals surface area contributed by atoms with Gasteiger partial charge >= 0.3 is 6.18 Å². The van der Waals surface area contributed by atoms with Gasteiger partial charge in [0.1, 0.15) is 11.4 Å². The monoisotopic (exact) mass is 491 g/mol. The minimum Gasteiger partial charge on any atom is -0.488 e. The van der Waals surface area contributed by atoms with E-state index >= 15 is 0 Å². The minimum atomic E-state index is -4.62. The number of ether oxygens (including phenoxy) is 1. The third-order valence-corrected chi connectivity index (χ3v) is 6.17. The molecular formula is C25H25ClF3N3O2. The smallest absolute Gasteiger partial charge is 0.435 e. The molecule has 34 heavy (non-hydrogen) atoms. The Labute approximate surface area is 200 Å². The normalized spacial score (nSPS) is 15.9. The molecule has 2 aromatic carbocycles. The number of carbonyl (C=O) groups excluding carboxylic acids is 1. The predicted molar refractivity (Wildman–Crippen MR) is 123 cm³/mol. The van der Waals surface area contributed by atoms with E-state index in [1.54, 1.807) is 25.1 Å². The molecule has 9 heteroatoms. The van der Waals surface area contributed by atoms with Crippen LogP contribution in [-0.4, -0.2) is 21.3 Å². The molecule has 1 N–H and O–H groups in total. The Morgan fingerprint density at radius 3 is 2.71 bits per heavy atom. The molecule has 1 aromatic heterocycles. The molecule has 4 rings (SSSR count). The van der Waals surface area contributed by atoms with Gasteiger partial charge in [-0.1, -0.05) is 29.8 Å². The van der Waals surface area contributed by atoms with Gasteiger partial charge in [0.05, 0.1) is 23.8 Å². The topological polar surface area (TPSA) is 56.2 Å². The second-order valence-electron chi connectivity index (χ2n) is 9.08. The number of hydrogen-bond acceptors (Lipinski definition) is 3. The number of nitrogens with one attached hydrogen (secondary N) is 1. The second-order valence-corrected chi connectivity index (χ2v) is 9.52. The van der Waals surface area contributed by atoms with Crippen molar-refractivity contribution in [3.8, 4) is 11.4 Å². The van der Waals surface area contributed by atoms with Crippen molar-refractivity contribution in [2.45, 2.75) is 57.9 Å². The van der Waals surface area contributed by atoms with Crippen LogP contribution >= 0.6 is 11.6 Å². The van der Waals surface area contributed by atoms with Crippen LogP contribution in [0.4, 0.5) is 13.2 Å². The summed E-state index contributed by atoms with van der Waals surface area (Å²) in [5, 5.41) is 6.82. The highest BCUT2D eigenvalue weighted by Gasteiger charge is 2.35. The van der Waals surface area contributed by atoms with Crippen molar-refractivity contribution in [1.29, 1.82) is 0 Å². The van der Waals surface area contributed by atoms with Crippen LogP contribution in [0.5, 0.6) is 5.75 Å². The Bertz CT molecular complexity index is 1220. The van der Waals surface area contributed by atoms with E-state index in [1.807, 2.05) is 32.0 Å². The lowest BCUT2D eigenvalue weighted by molar-refractivity contribution is -0.141. The highest BCUT2D eigenvalue weighted by atomic mass is 35.5. The highest BCUT2D eigenvalue weighted by Crippen LogP contribution is 2.35. The van der Waals surface area contributed by atoms with Gasteiger partial charge in [-0.2, -0.15) is 18.3 Å². The van der Waals surface area contributed by atoms with E-state index in [-0.39, 0.29) is 23.7 Å². The highest BCUT2D eigenvalue weighted by molar-refractivity contribution is 6.30.